The highest BCUT2D eigenvalue weighted by molar-refractivity contribution is 9.10. The predicted molar refractivity (Wildman–Crippen MR) is 89.1 cm³/mol. The summed E-state index contributed by atoms with van der Waals surface area (Å²) >= 11 is 3.36. The summed E-state index contributed by atoms with van der Waals surface area (Å²) in [7, 11) is 0. The van der Waals surface area contributed by atoms with Gasteiger partial charge >= 0.3 is 0 Å². The van der Waals surface area contributed by atoms with E-state index in [4.69, 9.17) is 5.73 Å². The molecule has 3 N–H and O–H groups in total. The van der Waals surface area contributed by atoms with Gasteiger partial charge in [-0.25, -0.2) is 0 Å². The van der Waals surface area contributed by atoms with Crippen LogP contribution in [0.5, 0.6) is 0 Å². The molecule has 0 aromatic heterocycles. The third-order valence-electron chi connectivity index (χ3n) is 4.03. The Labute approximate surface area is 139 Å². The summed E-state index contributed by atoms with van der Waals surface area (Å²) in [5.74, 6) is -0.194. The Kier molecular flexibility index (Phi) is 4.92. The van der Waals surface area contributed by atoms with Gasteiger partial charge in [-0.05, 0) is 38.5 Å². The molecule has 1 aromatic rings. The third kappa shape index (κ3) is 3.50. The molecule has 6 heteroatoms. The maximum atomic E-state index is 12.5. The fourth-order valence-electron chi connectivity index (χ4n) is 2.59. The van der Waals surface area contributed by atoms with Crippen molar-refractivity contribution in [2.75, 3.05) is 6.54 Å². The molecule has 1 aliphatic rings. The molecule has 5 nitrogen and oxygen atoms in total. The summed E-state index contributed by atoms with van der Waals surface area (Å²) in [6.07, 6.45) is 0.334. The third-order valence-corrected chi connectivity index (χ3v) is 4.56. The zero-order chi connectivity index (χ0) is 16.5. The maximum Gasteiger partial charge on any atom is 0.244 e. The van der Waals surface area contributed by atoms with Gasteiger partial charge < -0.3 is 16.0 Å². The second kappa shape index (κ2) is 6.38. The number of hydrogen-bond acceptors (Lipinski definition) is 3. The topological polar surface area (TPSA) is 75.4 Å². The number of rotatable bonds is 4. The smallest absolute Gasteiger partial charge is 0.244 e. The minimum Gasteiger partial charge on any atom is -0.349 e. The van der Waals surface area contributed by atoms with Gasteiger partial charge in [-0.1, -0.05) is 28.1 Å². The monoisotopic (exact) mass is 367 g/mol. The van der Waals surface area contributed by atoms with Crippen molar-refractivity contribution in [3.8, 4) is 0 Å². The van der Waals surface area contributed by atoms with Crippen molar-refractivity contribution in [3.63, 3.8) is 0 Å². The summed E-state index contributed by atoms with van der Waals surface area (Å²) in [4.78, 5) is 26.2. The van der Waals surface area contributed by atoms with Crippen LogP contribution in [-0.4, -0.2) is 35.3 Å². The lowest BCUT2D eigenvalue weighted by atomic mass is 9.92. The van der Waals surface area contributed by atoms with Gasteiger partial charge in [0.15, 0.2) is 0 Å². The second-order valence-electron chi connectivity index (χ2n) is 6.22. The van der Waals surface area contributed by atoms with Gasteiger partial charge in [0, 0.05) is 23.5 Å². The number of carbonyl (C=O) groups is 2. The zero-order valence-corrected chi connectivity index (χ0v) is 14.7. The Bertz CT molecular complexity index is 569. The fourth-order valence-corrected chi connectivity index (χ4v) is 2.85. The van der Waals surface area contributed by atoms with E-state index in [2.05, 4.69) is 21.2 Å². The van der Waals surface area contributed by atoms with E-state index in [1.807, 2.05) is 38.1 Å². The molecule has 1 aromatic carbocycles. The highest BCUT2D eigenvalue weighted by Gasteiger charge is 2.36. The zero-order valence-electron chi connectivity index (χ0n) is 13.1. The lowest BCUT2D eigenvalue weighted by Crippen LogP contribution is -2.52. The summed E-state index contributed by atoms with van der Waals surface area (Å²) in [6, 6.07) is 7.32. The van der Waals surface area contributed by atoms with Crippen molar-refractivity contribution < 1.29 is 9.59 Å². The number of nitrogens with zero attached hydrogens (tertiary/aromatic N) is 1. The van der Waals surface area contributed by atoms with E-state index in [0.717, 1.165) is 10.0 Å². The molecule has 0 bridgehead atoms. The van der Waals surface area contributed by atoms with Gasteiger partial charge in [0.1, 0.15) is 5.54 Å². The van der Waals surface area contributed by atoms with E-state index in [-0.39, 0.29) is 23.9 Å². The van der Waals surface area contributed by atoms with Gasteiger partial charge in [-0.3, -0.25) is 9.59 Å². The van der Waals surface area contributed by atoms with Crippen LogP contribution in [0.1, 0.15) is 32.8 Å². The highest BCUT2D eigenvalue weighted by atomic mass is 79.9. The number of amides is 2. The molecule has 0 spiro atoms. The highest BCUT2D eigenvalue weighted by Crippen LogP contribution is 2.22. The quantitative estimate of drug-likeness (QED) is 0.850. The van der Waals surface area contributed by atoms with Crippen molar-refractivity contribution in [1.82, 2.24) is 10.2 Å². The van der Waals surface area contributed by atoms with E-state index in [1.165, 1.54) is 0 Å². The predicted octanol–water partition coefficient (Wildman–Crippen LogP) is 1.75. The van der Waals surface area contributed by atoms with Gasteiger partial charge in [0.2, 0.25) is 11.8 Å². The Morgan fingerprint density at radius 1 is 1.41 bits per heavy atom. The first-order valence-corrected chi connectivity index (χ1v) is 8.16. The minimum atomic E-state index is -1.13. The van der Waals surface area contributed by atoms with Crippen molar-refractivity contribution in [2.45, 2.75) is 44.8 Å². The molecule has 1 fully saturated rings. The minimum absolute atomic E-state index is 0.0719. The number of benzene rings is 1. The van der Waals surface area contributed by atoms with E-state index >= 15 is 0 Å². The summed E-state index contributed by atoms with van der Waals surface area (Å²) in [6.45, 7) is 6.16. The standard InChI is InChI=1S/C16H22BrN3O2/c1-10(2)20-9-13(8-14(20)21)19-15(22)16(3,18)11-4-6-12(17)7-5-11/h4-7,10,13H,8-9,18H2,1-3H3,(H,19,22). The first-order chi connectivity index (χ1) is 10.2. The number of hydrogen-bond donors (Lipinski definition) is 2. The Balaban J connectivity index is 2.05. The van der Waals surface area contributed by atoms with Crippen LogP contribution >= 0.6 is 15.9 Å². The van der Waals surface area contributed by atoms with Gasteiger partial charge in [0.25, 0.3) is 0 Å². The first kappa shape index (κ1) is 17.0. The lowest BCUT2D eigenvalue weighted by molar-refractivity contribution is -0.129. The van der Waals surface area contributed by atoms with Crippen LogP contribution < -0.4 is 11.1 Å². The van der Waals surface area contributed by atoms with Crippen LogP contribution in [-0.2, 0) is 15.1 Å². The molecule has 2 unspecified atom stereocenters. The van der Waals surface area contributed by atoms with E-state index in [1.54, 1.807) is 11.8 Å². The van der Waals surface area contributed by atoms with Crippen molar-refractivity contribution in [2.24, 2.45) is 5.73 Å². The number of nitrogens with one attached hydrogen (secondary N) is 1. The molecular formula is C16H22BrN3O2. The van der Waals surface area contributed by atoms with Gasteiger partial charge in [-0.2, -0.15) is 0 Å². The Morgan fingerprint density at radius 3 is 2.50 bits per heavy atom. The molecule has 1 aliphatic heterocycles. The summed E-state index contributed by atoms with van der Waals surface area (Å²) in [5.41, 5.74) is 5.82. The van der Waals surface area contributed by atoms with Crippen LogP contribution in [0.15, 0.2) is 28.7 Å². The largest absolute Gasteiger partial charge is 0.349 e. The lowest BCUT2D eigenvalue weighted by Gasteiger charge is -2.26. The van der Waals surface area contributed by atoms with Crippen LogP contribution in [0, 0.1) is 0 Å². The second-order valence-corrected chi connectivity index (χ2v) is 7.14. The van der Waals surface area contributed by atoms with E-state index < -0.39 is 5.54 Å². The Hall–Kier alpha value is -1.40. The summed E-state index contributed by atoms with van der Waals surface area (Å²) in [5, 5.41) is 2.91. The number of carbonyl (C=O) groups excluding carboxylic acids is 2. The molecule has 1 heterocycles. The van der Waals surface area contributed by atoms with Gasteiger partial charge in [-0.15, -0.1) is 0 Å². The normalized spacial score (nSPS) is 21.1. The fraction of sp³-hybridized carbons (Fsp3) is 0.500. The average Bonchev–Trinajstić information content (AvgIpc) is 2.80. The molecule has 22 heavy (non-hydrogen) atoms. The molecule has 1 saturated heterocycles. The Morgan fingerprint density at radius 2 is 2.00 bits per heavy atom. The van der Waals surface area contributed by atoms with Crippen LogP contribution in [0.2, 0.25) is 0 Å². The van der Waals surface area contributed by atoms with Crippen molar-refractivity contribution in [1.29, 1.82) is 0 Å². The first-order valence-electron chi connectivity index (χ1n) is 7.37. The summed E-state index contributed by atoms with van der Waals surface area (Å²) < 4.78 is 0.932. The molecule has 2 amide bonds. The molecule has 2 atom stereocenters. The number of halogens is 1. The van der Waals surface area contributed by atoms with Crippen LogP contribution in [0.4, 0.5) is 0 Å². The molecule has 0 radical (unpaired) electrons. The van der Waals surface area contributed by atoms with E-state index in [0.29, 0.717) is 13.0 Å². The van der Waals surface area contributed by atoms with Gasteiger partial charge in [0.05, 0.1) is 6.04 Å². The molecule has 120 valence electrons. The maximum absolute atomic E-state index is 12.5. The van der Waals surface area contributed by atoms with Crippen molar-refractivity contribution >= 4 is 27.7 Å². The van der Waals surface area contributed by atoms with Crippen LogP contribution in [0.25, 0.3) is 0 Å². The molecule has 0 saturated carbocycles. The van der Waals surface area contributed by atoms with E-state index in [9.17, 15) is 9.59 Å². The number of nitrogens with two attached hydrogens (primary N) is 1. The molecular weight excluding hydrogens is 346 g/mol. The number of likely N-dealkylation sites (tertiary alicyclic amines) is 1. The average molecular weight is 368 g/mol. The van der Waals surface area contributed by atoms with Crippen LogP contribution in [0.3, 0.4) is 0 Å². The molecule has 0 aliphatic carbocycles. The van der Waals surface area contributed by atoms with Crippen molar-refractivity contribution in [3.05, 3.63) is 34.3 Å². The molecule has 2 rings (SSSR count). The SMILES string of the molecule is CC(C)N1CC(NC(=O)C(C)(N)c2ccc(Br)cc2)CC1=O.